The van der Waals surface area contributed by atoms with Gasteiger partial charge in [-0.2, -0.15) is 5.26 Å². The highest BCUT2D eigenvalue weighted by Crippen LogP contribution is 2.62. The summed E-state index contributed by atoms with van der Waals surface area (Å²) in [7, 11) is -4.30. The summed E-state index contributed by atoms with van der Waals surface area (Å²) in [6.45, 7) is 12.5. The van der Waals surface area contributed by atoms with Crippen LogP contribution in [0.25, 0.3) is 0 Å². The third kappa shape index (κ3) is 13.8. The van der Waals surface area contributed by atoms with Crippen LogP contribution in [0.2, 0.25) is 0 Å². The topological polar surface area (TPSA) is 77.8 Å². The van der Waals surface area contributed by atoms with Crippen molar-refractivity contribution in [2.24, 2.45) is 0 Å². The second-order valence-corrected chi connectivity index (χ2v) is 13.0. The van der Waals surface area contributed by atoms with Crippen molar-refractivity contribution in [1.29, 1.82) is 5.26 Å². The number of hydrogen-bond donors (Lipinski definition) is 0. The zero-order valence-electron chi connectivity index (χ0n) is 19.3. The molecule has 0 radical (unpaired) electrons. The van der Waals surface area contributed by atoms with E-state index in [4.69, 9.17) is 40.7 Å². The molecule has 0 spiro atoms. The standard InChI is InChI=1S/C21H30Br2NO5PS4/c1-5-7-9-11-13-26-33-28-30(25,29-34-27-14-12-10-8-6-2)18(15-24)19(20(31)16(3)22)21(32)17(4)23/h3-14H2,1-2H3. The molecule has 0 saturated carbocycles. The molecule has 192 valence electrons. The molecule has 13 heteroatoms. The van der Waals surface area contributed by atoms with E-state index in [1.54, 1.807) is 0 Å². The van der Waals surface area contributed by atoms with Gasteiger partial charge in [0.2, 0.25) is 0 Å². The van der Waals surface area contributed by atoms with Gasteiger partial charge in [-0.3, -0.25) is 12.9 Å². The molecule has 0 atom stereocenters. The van der Waals surface area contributed by atoms with Crippen molar-refractivity contribution < 1.29 is 20.9 Å². The van der Waals surface area contributed by atoms with Crippen molar-refractivity contribution >= 4 is 98.3 Å². The maximum Gasteiger partial charge on any atom is 0.398 e. The van der Waals surface area contributed by atoms with Crippen LogP contribution in [0.1, 0.15) is 65.2 Å². The van der Waals surface area contributed by atoms with E-state index >= 15 is 0 Å². The zero-order chi connectivity index (χ0) is 26.0. The Labute approximate surface area is 240 Å². The quantitative estimate of drug-likeness (QED) is 0.0289. The third-order valence-corrected chi connectivity index (χ3v) is 9.75. The molecule has 0 unspecified atom stereocenters. The van der Waals surface area contributed by atoms with Crippen molar-refractivity contribution in [2.45, 2.75) is 65.2 Å². The Kier molecular flexibility index (Phi) is 21.0. The van der Waals surface area contributed by atoms with Gasteiger partial charge in [-0.1, -0.05) is 90.0 Å². The molecule has 0 amide bonds. The molecule has 0 aliphatic rings. The molecule has 0 saturated heterocycles. The lowest BCUT2D eigenvalue weighted by Gasteiger charge is -2.19. The van der Waals surface area contributed by atoms with Crippen LogP contribution in [0.3, 0.4) is 0 Å². The van der Waals surface area contributed by atoms with Crippen molar-refractivity contribution in [3.05, 3.63) is 33.0 Å². The second kappa shape index (κ2) is 20.7. The Hall–Kier alpha value is 0.620. The molecule has 0 rings (SSSR count). The first-order chi connectivity index (χ1) is 16.2. The van der Waals surface area contributed by atoms with Crippen LogP contribution in [0.15, 0.2) is 33.0 Å². The molecule has 0 heterocycles. The Morgan fingerprint density at radius 2 is 1.29 bits per heavy atom. The molecule has 0 fully saturated rings. The van der Waals surface area contributed by atoms with E-state index in [1.807, 2.05) is 6.07 Å². The molecular formula is C21H30Br2NO5PS4. The zero-order valence-corrected chi connectivity index (χ0v) is 26.6. The Morgan fingerprint density at radius 3 is 1.62 bits per heavy atom. The maximum absolute atomic E-state index is 13.8. The van der Waals surface area contributed by atoms with Crippen LogP contribution >= 0.6 is 88.5 Å². The average molecular weight is 696 g/mol. The largest absolute Gasteiger partial charge is 0.398 e. The van der Waals surface area contributed by atoms with Gasteiger partial charge in [0.05, 0.1) is 22.9 Å². The minimum absolute atomic E-state index is 0.00771. The monoisotopic (exact) mass is 693 g/mol. The summed E-state index contributed by atoms with van der Waals surface area (Å²) in [5, 5.41) is 9.55. The smallest absolute Gasteiger partial charge is 0.291 e. The highest BCUT2D eigenvalue weighted by atomic mass is 79.9. The molecule has 6 nitrogen and oxygen atoms in total. The Balaban J connectivity index is 5.75. The SMILES string of the molecule is C=C(Br)C(=S)C(C(=S)C(=C)Br)=C(C#N)P(=O)(OSOCCCCCC)OSOCCCCCC. The summed E-state index contributed by atoms with van der Waals surface area (Å²) in [6, 6.07) is 1.88. The predicted octanol–water partition coefficient (Wildman–Crippen LogP) is 9.87. The number of rotatable bonds is 21. The van der Waals surface area contributed by atoms with Gasteiger partial charge in [-0.25, -0.2) is 7.94 Å². The van der Waals surface area contributed by atoms with Gasteiger partial charge in [0.1, 0.15) is 6.07 Å². The summed E-state index contributed by atoms with van der Waals surface area (Å²) >= 11 is 18.1. The van der Waals surface area contributed by atoms with Crippen molar-refractivity contribution in [3.8, 4) is 6.07 Å². The summed E-state index contributed by atoms with van der Waals surface area (Å²) in [6.07, 6.45) is 8.02. The number of hydrogen-bond acceptors (Lipinski definition) is 10. The van der Waals surface area contributed by atoms with Gasteiger partial charge in [0.15, 0.2) is 30.0 Å². The van der Waals surface area contributed by atoms with Gasteiger partial charge in [0, 0.05) is 14.5 Å². The highest BCUT2D eigenvalue weighted by Gasteiger charge is 2.39. The first kappa shape index (κ1) is 34.6. The van der Waals surface area contributed by atoms with Gasteiger partial charge in [-0.15, -0.1) is 0 Å². The summed E-state index contributed by atoms with van der Waals surface area (Å²) in [5.41, 5.74) is -0.00771. The molecule has 0 N–H and O–H groups in total. The summed E-state index contributed by atoms with van der Waals surface area (Å²) < 4.78 is 35.9. The van der Waals surface area contributed by atoms with E-state index in [0.717, 1.165) is 51.4 Å². The fourth-order valence-electron chi connectivity index (χ4n) is 2.30. The first-order valence-corrected chi connectivity index (χ1v) is 15.9. The molecule has 0 aliphatic carbocycles. The average Bonchev–Trinajstić information content (AvgIpc) is 2.80. The maximum atomic E-state index is 13.8. The highest BCUT2D eigenvalue weighted by molar-refractivity contribution is 9.12. The van der Waals surface area contributed by atoms with Crippen molar-refractivity contribution in [3.63, 3.8) is 0 Å². The Morgan fingerprint density at radius 1 is 0.882 bits per heavy atom. The second-order valence-electron chi connectivity index (χ2n) is 6.85. The summed E-state index contributed by atoms with van der Waals surface area (Å²) in [5.74, 6) is 0. The van der Waals surface area contributed by atoms with E-state index in [9.17, 15) is 9.83 Å². The van der Waals surface area contributed by atoms with Crippen LogP contribution in [0, 0.1) is 11.3 Å². The van der Waals surface area contributed by atoms with E-state index in [0.29, 0.717) is 37.9 Å². The number of allylic oxidation sites excluding steroid dienone is 4. The number of thiocarbonyl (C=S) groups is 2. The Bertz CT molecular complexity index is 782. The number of unbranched alkanes of at least 4 members (excludes halogenated alkanes) is 6. The lowest BCUT2D eigenvalue weighted by atomic mass is 10.1. The molecule has 0 aromatic carbocycles. The normalized spacial score (nSPS) is 11.0. The van der Waals surface area contributed by atoms with Gasteiger partial charge < -0.3 is 0 Å². The van der Waals surface area contributed by atoms with E-state index in [-0.39, 0.29) is 24.3 Å². The number of nitriles is 1. The molecular weight excluding hydrogens is 665 g/mol. The molecule has 0 bridgehead atoms. The van der Waals surface area contributed by atoms with E-state index in [1.165, 1.54) is 0 Å². The molecule has 0 aliphatic heterocycles. The molecule has 0 aromatic heterocycles. The van der Waals surface area contributed by atoms with Gasteiger partial charge >= 0.3 is 7.60 Å². The van der Waals surface area contributed by atoms with Crippen LogP contribution in [0.4, 0.5) is 0 Å². The molecule has 0 aromatic rings. The fourth-order valence-corrected chi connectivity index (χ4v) is 6.21. The number of nitrogens with zero attached hydrogens (tertiary/aromatic N) is 1. The van der Waals surface area contributed by atoms with Crippen molar-refractivity contribution in [2.75, 3.05) is 13.2 Å². The predicted molar refractivity (Wildman–Crippen MR) is 159 cm³/mol. The van der Waals surface area contributed by atoms with Crippen LogP contribution in [-0.2, 0) is 20.9 Å². The van der Waals surface area contributed by atoms with E-state index < -0.39 is 12.9 Å². The van der Waals surface area contributed by atoms with Crippen LogP contribution in [-0.4, -0.2) is 22.9 Å². The molecule has 34 heavy (non-hydrogen) atoms. The minimum atomic E-state index is -4.30. The lowest BCUT2D eigenvalue weighted by Crippen LogP contribution is -2.13. The lowest BCUT2D eigenvalue weighted by molar-refractivity contribution is 0.312. The first-order valence-electron chi connectivity index (χ1n) is 10.6. The van der Waals surface area contributed by atoms with E-state index in [2.05, 4.69) is 58.9 Å². The third-order valence-electron chi connectivity index (χ3n) is 4.08. The van der Waals surface area contributed by atoms with Gasteiger partial charge in [0.25, 0.3) is 0 Å². The van der Waals surface area contributed by atoms with Crippen molar-refractivity contribution in [1.82, 2.24) is 0 Å². The summed E-state index contributed by atoms with van der Waals surface area (Å²) in [4.78, 5) is 0.149. The fraction of sp³-hybridized carbons (Fsp3) is 0.571. The minimum Gasteiger partial charge on any atom is -0.291 e. The van der Waals surface area contributed by atoms with Crippen LogP contribution in [0.5, 0.6) is 0 Å². The van der Waals surface area contributed by atoms with Gasteiger partial charge in [-0.05, 0) is 44.7 Å². The number of halogens is 2. The van der Waals surface area contributed by atoms with Crippen LogP contribution < -0.4 is 0 Å².